The molecule has 42 heavy (non-hydrogen) atoms. The molecule has 0 saturated carbocycles. The number of aryl methyl sites for hydroxylation is 3. The van der Waals surface area contributed by atoms with E-state index in [4.69, 9.17) is 9.47 Å². The average molecular weight is 591 g/mol. The summed E-state index contributed by atoms with van der Waals surface area (Å²) in [7, 11) is -0.576. The lowest BCUT2D eigenvalue weighted by Gasteiger charge is -2.34. The summed E-state index contributed by atoms with van der Waals surface area (Å²) in [5.74, 6) is -0.362. The Balaban J connectivity index is 1.63. The molecule has 0 aliphatic carbocycles. The fraction of sp³-hybridized carbons (Fsp3) is 0.406. The van der Waals surface area contributed by atoms with Crippen molar-refractivity contribution in [3.05, 3.63) is 82.4 Å². The third-order valence-corrected chi connectivity index (χ3v) is 10.4. The van der Waals surface area contributed by atoms with Gasteiger partial charge in [-0.3, -0.25) is 4.79 Å². The van der Waals surface area contributed by atoms with Crippen LogP contribution in [0, 0.1) is 19.3 Å². The largest absolute Gasteiger partial charge is 0.488 e. The normalized spacial score (nSPS) is 17.7. The highest BCUT2D eigenvalue weighted by Crippen LogP contribution is 2.45. The summed E-state index contributed by atoms with van der Waals surface area (Å²) in [5.41, 5.74) is 5.28. The molecule has 1 aliphatic rings. The highest BCUT2D eigenvalue weighted by atomic mass is 32.2. The van der Waals surface area contributed by atoms with Gasteiger partial charge in [0.15, 0.2) is 0 Å². The second-order valence-electron chi connectivity index (χ2n) is 11.6. The third kappa shape index (κ3) is 5.07. The quantitative estimate of drug-likeness (QED) is 0.270. The van der Waals surface area contributed by atoms with Gasteiger partial charge in [0, 0.05) is 19.5 Å². The zero-order valence-corrected chi connectivity index (χ0v) is 26.0. The lowest BCUT2D eigenvalue weighted by molar-refractivity contribution is -0.151. The molecule has 0 radical (unpaired) electrons. The zero-order chi connectivity index (χ0) is 30.4. The molecule has 0 bridgehead atoms. The maximum absolute atomic E-state index is 13.9. The van der Waals surface area contributed by atoms with Crippen LogP contribution in [0.2, 0.25) is 0 Å². The number of sulfonamides is 1. The maximum atomic E-state index is 13.9. The Morgan fingerprint density at radius 1 is 1.14 bits per heavy atom. The van der Waals surface area contributed by atoms with Crippen LogP contribution >= 0.6 is 0 Å². The van der Waals surface area contributed by atoms with Gasteiger partial charge in [-0.05, 0) is 80.1 Å². The first kappa shape index (κ1) is 29.7. The Hall–Kier alpha value is -3.76. The number of carbonyl (C=O) groups is 1. The number of ether oxygens (including phenoxy) is 2. The van der Waals surface area contributed by atoms with E-state index in [1.165, 1.54) is 11.4 Å². The topological polar surface area (TPSA) is 104 Å². The molecule has 9 nitrogen and oxygen atoms in total. The summed E-state index contributed by atoms with van der Waals surface area (Å²) < 4.78 is 42.4. The molecular formula is C32H38N4O5S. The number of methoxy groups -OCH3 is 1. The fourth-order valence-electron chi connectivity index (χ4n) is 5.96. The molecule has 1 aromatic heterocycles. The van der Waals surface area contributed by atoms with E-state index in [0.29, 0.717) is 12.2 Å². The molecule has 3 aromatic carbocycles. The summed E-state index contributed by atoms with van der Waals surface area (Å²) in [4.78, 5) is 13.4. The number of para-hydroxylation sites is 1. The van der Waals surface area contributed by atoms with Crippen LogP contribution in [0.25, 0.3) is 11.0 Å². The van der Waals surface area contributed by atoms with Crippen molar-refractivity contribution in [3.63, 3.8) is 0 Å². The van der Waals surface area contributed by atoms with Crippen LogP contribution in [-0.2, 0) is 33.1 Å². The van der Waals surface area contributed by atoms with Gasteiger partial charge in [0.05, 0.1) is 24.6 Å². The van der Waals surface area contributed by atoms with Crippen molar-refractivity contribution in [3.8, 4) is 5.75 Å². The van der Waals surface area contributed by atoms with Crippen molar-refractivity contribution >= 4 is 27.0 Å². The van der Waals surface area contributed by atoms with E-state index < -0.39 is 21.4 Å². The lowest BCUT2D eigenvalue weighted by Crippen LogP contribution is -2.37. The van der Waals surface area contributed by atoms with E-state index in [1.54, 1.807) is 28.9 Å². The standard InChI is InChI=1S/C32H38N4O5S/c1-8-24-19-36(42(38,39)28-12-10-9-11-27(28)41-24)18-23-17-22(14-13-20(23)2)29(32(4,5)31(37)40-7)25-15-16-26-30(21(25)3)33-34-35(26)6/h9-17,24,29H,8,18-19H2,1-7H3/t24-,29?/m1/s1. The molecular weight excluding hydrogens is 552 g/mol. The minimum absolute atomic E-state index is 0.170. The van der Waals surface area contributed by atoms with Crippen LogP contribution < -0.4 is 4.74 Å². The van der Waals surface area contributed by atoms with E-state index in [-0.39, 0.29) is 30.1 Å². The summed E-state index contributed by atoms with van der Waals surface area (Å²) in [6.45, 7) is 10.1. The second kappa shape index (κ2) is 11.1. The molecule has 0 fully saturated rings. The van der Waals surface area contributed by atoms with E-state index in [0.717, 1.165) is 38.9 Å². The predicted molar refractivity (Wildman–Crippen MR) is 161 cm³/mol. The van der Waals surface area contributed by atoms with Crippen molar-refractivity contribution in [2.45, 2.75) is 64.5 Å². The minimum atomic E-state index is -3.82. The van der Waals surface area contributed by atoms with Crippen LogP contribution in [0.3, 0.4) is 0 Å². The predicted octanol–water partition coefficient (Wildman–Crippen LogP) is 5.28. The monoisotopic (exact) mass is 590 g/mol. The number of fused-ring (bicyclic) bond motifs is 2. The van der Waals surface area contributed by atoms with Crippen molar-refractivity contribution in [2.75, 3.05) is 13.7 Å². The Morgan fingerprint density at radius 3 is 2.60 bits per heavy atom. The number of esters is 1. The third-order valence-electron chi connectivity index (χ3n) is 8.50. The molecule has 0 amide bonds. The van der Waals surface area contributed by atoms with E-state index in [9.17, 15) is 13.2 Å². The molecule has 10 heteroatoms. The number of hydrogen-bond acceptors (Lipinski definition) is 7. The lowest BCUT2D eigenvalue weighted by atomic mass is 9.69. The van der Waals surface area contributed by atoms with Gasteiger partial charge < -0.3 is 9.47 Å². The number of rotatable bonds is 7. The molecule has 2 heterocycles. The van der Waals surface area contributed by atoms with Crippen molar-refractivity contribution in [2.24, 2.45) is 12.5 Å². The number of hydrogen-bond donors (Lipinski definition) is 0. The SMILES string of the molecule is CC[C@@H]1CN(Cc2cc(C(c3ccc4c(nnn4C)c3C)C(C)(C)C(=O)OC)ccc2C)S(=O)(=O)c2ccccc2O1. The first-order valence-electron chi connectivity index (χ1n) is 14.1. The molecule has 0 saturated heterocycles. The van der Waals surface area contributed by atoms with E-state index in [1.807, 2.05) is 72.0 Å². The van der Waals surface area contributed by atoms with Crippen LogP contribution in [0.5, 0.6) is 5.75 Å². The minimum Gasteiger partial charge on any atom is -0.488 e. The summed E-state index contributed by atoms with van der Waals surface area (Å²) in [6, 6.07) is 16.8. The van der Waals surface area contributed by atoms with Gasteiger partial charge in [-0.2, -0.15) is 4.31 Å². The van der Waals surface area contributed by atoms with Crippen molar-refractivity contribution in [1.82, 2.24) is 19.3 Å². The van der Waals surface area contributed by atoms with Gasteiger partial charge in [0.1, 0.15) is 22.3 Å². The first-order chi connectivity index (χ1) is 19.9. The summed E-state index contributed by atoms with van der Waals surface area (Å²) >= 11 is 0. The van der Waals surface area contributed by atoms with E-state index in [2.05, 4.69) is 10.3 Å². The van der Waals surface area contributed by atoms with Gasteiger partial charge in [-0.15, -0.1) is 5.10 Å². The Kier molecular flexibility index (Phi) is 7.89. The van der Waals surface area contributed by atoms with Crippen LogP contribution in [-0.4, -0.2) is 53.4 Å². The number of carbonyl (C=O) groups excluding carboxylic acids is 1. The van der Waals surface area contributed by atoms with Crippen molar-refractivity contribution < 1.29 is 22.7 Å². The molecule has 0 N–H and O–H groups in total. The molecule has 5 rings (SSSR count). The van der Waals surface area contributed by atoms with Gasteiger partial charge in [-0.25, -0.2) is 13.1 Å². The molecule has 4 aromatic rings. The fourth-order valence-corrected chi connectivity index (χ4v) is 7.53. The van der Waals surface area contributed by atoms with Crippen LogP contribution in [0.15, 0.2) is 59.5 Å². The second-order valence-corrected chi connectivity index (χ2v) is 13.5. The van der Waals surface area contributed by atoms with Crippen LogP contribution in [0.4, 0.5) is 0 Å². The maximum Gasteiger partial charge on any atom is 0.312 e. The highest BCUT2D eigenvalue weighted by Gasteiger charge is 2.41. The Morgan fingerprint density at radius 2 is 1.88 bits per heavy atom. The van der Waals surface area contributed by atoms with Gasteiger partial charge >= 0.3 is 5.97 Å². The molecule has 1 aliphatic heterocycles. The number of nitrogens with zero attached hydrogens (tertiary/aromatic N) is 4. The van der Waals surface area contributed by atoms with Crippen molar-refractivity contribution in [1.29, 1.82) is 0 Å². The zero-order valence-electron chi connectivity index (χ0n) is 25.2. The van der Waals surface area contributed by atoms with Gasteiger partial charge in [0.25, 0.3) is 0 Å². The molecule has 1 unspecified atom stereocenters. The van der Waals surface area contributed by atoms with Gasteiger partial charge in [0.2, 0.25) is 10.0 Å². The Bertz CT molecular complexity index is 1760. The smallest absolute Gasteiger partial charge is 0.312 e. The molecule has 2 atom stereocenters. The number of aromatic nitrogens is 3. The summed E-state index contributed by atoms with van der Waals surface area (Å²) in [6.07, 6.45) is 0.387. The molecule has 0 spiro atoms. The summed E-state index contributed by atoms with van der Waals surface area (Å²) in [5, 5.41) is 8.57. The average Bonchev–Trinajstić information content (AvgIpc) is 3.30. The first-order valence-corrected chi connectivity index (χ1v) is 15.6. The van der Waals surface area contributed by atoms with Gasteiger partial charge in [-0.1, -0.05) is 48.5 Å². The Labute approximate surface area is 247 Å². The van der Waals surface area contributed by atoms with Crippen LogP contribution in [0.1, 0.15) is 60.9 Å². The highest BCUT2D eigenvalue weighted by molar-refractivity contribution is 7.89. The number of benzene rings is 3. The molecule has 222 valence electrons. The van der Waals surface area contributed by atoms with E-state index >= 15 is 0 Å².